The Morgan fingerprint density at radius 3 is 2.29 bits per heavy atom. The number of likely N-dealkylation sites (tertiary alicyclic amines) is 1. The lowest BCUT2D eigenvalue weighted by molar-refractivity contribution is 0.0934. The zero-order valence-corrected chi connectivity index (χ0v) is 19.3. The van der Waals surface area contributed by atoms with Crippen LogP contribution in [0.5, 0.6) is 0 Å². The van der Waals surface area contributed by atoms with E-state index in [0.29, 0.717) is 18.4 Å². The maximum absolute atomic E-state index is 13.0. The first-order chi connectivity index (χ1) is 14.8. The quantitative estimate of drug-likeness (QED) is 0.697. The first-order valence-corrected chi connectivity index (χ1v) is 11.8. The fourth-order valence-corrected chi connectivity index (χ4v) is 4.84. The summed E-state index contributed by atoms with van der Waals surface area (Å²) in [5.41, 5.74) is -0.373. The summed E-state index contributed by atoms with van der Waals surface area (Å²) >= 11 is 0. The number of rotatable bonds is 7. The molecule has 7 nitrogen and oxygen atoms in total. The van der Waals surface area contributed by atoms with Crippen LogP contribution >= 0.6 is 0 Å². The Bertz CT molecular complexity index is 827. The molecule has 1 aromatic rings. The van der Waals surface area contributed by atoms with Crippen molar-refractivity contribution in [2.75, 3.05) is 26.7 Å². The number of pyridine rings is 1. The van der Waals surface area contributed by atoms with E-state index in [1.165, 1.54) is 19.3 Å². The van der Waals surface area contributed by atoms with Crippen LogP contribution in [0.3, 0.4) is 0 Å². The monoisotopic (exact) mass is 430 g/mol. The normalized spacial score (nSPS) is 20.6. The fraction of sp³-hybridized carbons (Fsp3) is 0.708. The molecule has 0 unspecified atom stereocenters. The topological polar surface area (TPSA) is 83.4 Å². The molecule has 0 radical (unpaired) electrons. The first kappa shape index (κ1) is 23.5. The molecule has 0 spiro atoms. The summed E-state index contributed by atoms with van der Waals surface area (Å²) in [7, 11) is 2.09. The van der Waals surface area contributed by atoms with Gasteiger partial charge in [-0.15, -0.1) is 0 Å². The van der Waals surface area contributed by atoms with E-state index in [2.05, 4.69) is 22.6 Å². The Labute approximate surface area is 185 Å². The predicted octanol–water partition coefficient (Wildman–Crippen LogP) is 2.64. The largest absolute Gasteiger partial charge is 0.352 e. The average Bonchev–Trinajstić information content (AvgIpc) is 2.73. The Kier molecular flexibility index (Phi) is 8.29. The maximum Gasteiger partial charge on any atom is 0.256 e. The standard InChI is InChI=1S/C24H38N4O3/c1-17(2)26-24(31)21-16-28(14-18-8-5-4-6-9-18)15-20(22(21)29)23(30)25-12-19-10-7-11-27(3)13-19/h15-19H,4-14H2,1-3H3,(H,25,30)(H,26,31)/t19-/m1/s1. The van der Waals surface area contributed by atoms with E-state index < -0.39 is 11.3 Å². The Balaban J connectivity index is 1.80. The van der Waals surface area contributed by atoms with Gasteiger partial charge in [-0.2, -0.15) is 0 Å². The van der Waals surface area contributed by atoms with E-state index in [4.69, 9.17) is 0 Å². The van der Waals surface area contributed by atoms with E-state index in [9.17, 15) is 14.4 Å². The molecule has 0 aromatic carbocycles. The molecule has 2 aliphatic rings. The van der Waals surface area contributed by atoms with Gasteiger partial charge in [0.05, 0.1) is 0 Å². The van der Waals surface area contributed by atoms with Crippen molar-refractivity contribution in [2.45, 2.75) is 71.4 Å². The smallest absolute Gasteiger partial charge is 0.256 e. The van der Waals surface area contributed by atoms with Crippen LogP contribution in [0, 0.1) is 11.8 Å². The number of amides is 2. The Hall–Kier alpha value is -2.15. The second-order valence-electron chi connectivity index (χ2n) is 9.72. The Morgan fingerprint density at radius 2 is 1.65 bits per heavy atom. The van der Waals surface area contributed by atoms with Crippen molar-refractivity contribution in [2.24, 2.45) is 11.8 Å². The van der Waals surface area contributed by atoms with Crippen LogP contribution < -0.4 is 16.1 Å². The molecule has 7 heteroatoms. The zero-order chi connectivity index (χ0) is 22.4. The SMILES string of the molecule is CC(C)NC(=O)c1cn(CC2CCCCC2)cc(C(=O)NC[C@H]2CCCN(C)C2)c1=O. The zero-order valence-electron chi connectivity index (χ0n) is 19.3. The number of hydrogen-bond donors (Lipinski definition) is 2. The van der Waals surface area contributed by atoms with Gasteiger partial charge in [-0.1, -0.05) is 19.3 Å². The van der Waals surface area contributed by atoms with E-state index in [1.807, 2.05) is 18.4 Å². The molecule has 2 heterocycles. The minimum atomic E-state index is -0.490. The number of carbonyl (C=O) groups excluding carboxylic acids is 2. The average molecular weight is 431 g/mol. The van der Waals surface area contributed by atoms with Gasteiger partial charge in [0.1, 0.15) is 11.1 Å². The molecule has 3 rings (SSSR count). The van der Waals surface area contributed by atoms with E-state index in [1.54, 1.807) is 12.4 Å². The molecule has 31 heavy (non-hydrogen) atoms. The fourth-order valence-electron chi connectivity index (χ4n) is 4.84. The van der Waals surface area contributed by atoms with Crippen LogP contribution in [0.4, 0.5) is 0 Å². The van der Waals surface area contributed by atoms with Crippen LogP contribution in [0.15, 0.2) is 17.2 Å². The van der Waals surface area contributed by atoms with Crippen molar-refractivity contribution in [3.63, 3.8) is 0 Å². The highest BCUT2D eigenvalue weighted by Crippen LogP contribution is 2.25. The van der Waals surface area contributed by atoms with Crippen LogP contribution in [-0.2, 0) is 6.54 Å². The molecule has 1 aliphatic heterocycles. The molecular formula is C24H38N4O3. The lowest BCUT2D eigenvalue weighted by Crippen LogP contribution is -2.41. The van der Waals surface area contributed by atoms with Crippen molar-refractivity contribution in [3.8, 4) is 0 Å². The minimum Gasteiger partial charge on any atom is -0.352 e. The van der Waals surface area contributed by atoms with E-state index in [0.717, 1.165) is 45.3 Å². The van der Waals surface area contributed by atoms with Crippen molar-refractivity contribution < 1.29 is 9.59 Å². The van der Waals surface area contributed by atoms with Crippen molar-refractivity contribution in [1.29, 1.82) is 0 Å². The number of carbonyl (C=O) groups is 2. The number of piperidine rings is 1. The van der Waals surface area contributed by atoms with Crippen LogP contribution in [0.25, 0.3) is 0 Å². The van der Waals surface area contributed by atoms with Gasteiger partial charge in [0, 0.05) is 38.1 Å². The first-order valence-electron chi connectivity index (χ1n) is 11.8. The molecule has 1 aliphatic carbocycles. The van der Waals surface area contributed by atoms with Gasteiger partial charge < -0.3 is 20.1 Å². The third-order valence-electron chi connectivity index (χ3n) is 6.46. The van der Waals surface area contributed by atoms with Gasteiger partial charge in [-0.25, -0.2) is 0 Å². The molecule has 1 atom stereocenters. The summed E-state index contributed by atoms with van der Waals surface area (Å²) in [5.74, 6) is 0.112. The second kappa shape index (κ2) is 10.9. The van der Waals surface area contributed by atoms with Gasteiger partial charge in [-0.05, 0) is 65.0 Å². The van der Waals surface area contributed by atoms with Crippen LogP contribution in [-0.4, -0.2) is 54.0 Å². The van der Waals surface area contributed by atoms with Gasteiger partial charge >= 0.3 is 0 Å². The van der Waals surface area contributed by atoms with Crippen molar-refractivity contribution in [3.05, 3.63) is 33.7 Å². The van der Waals surface area contributed by atoms with Crippen molar-refractivity contribution >= 4 is 11.8 Å². The lowest BCUT2D eigenvalue weighted by atomic mass is 9.89. The highest BCUT2D eigenvalue weighted by Gasteiger charge is 2.23. The van der Waals surface area contributed by atoms with Crippen LogP contribution in [0.2, 0.25) is 0 Å². The summed E-state index contributed by atoms with van der Waals surface area (Å²) in [5, 5.41) is 5.75. The summed E-state index contributed by atoms with van der Waals surface area (Å²) in [6.45, 7) is 7.03. The summed E-state index contributed by atoms with van der Waals surface area (Å²) in [6.07, 6.45) is 11.5. The molecule has 1 aromatic heterocycles. The van der Waals surface area contributed by atoms with E-state index >= 15 is 0 Å². The summed E-state index contributed by atoms with van der Waals surface area (Å²) in [6, 6.07) is -0.0838. The summed E-state index contributed by atoms with van der Waals surface area (Å²) < 4.78 is 1.88. The molecule has 2 fully saturated rings. The highest BCUT2D eigenvalue weighted by molar-refractivity contribution is 5.99. The lowest BCUT2D eigenvalue weighted by Gasteiger charge is -2.29. The Morgan fingerprint density at radius 1 is 1.00 bits per heavy atom. The van der Waals surface area contributed by atoms with Crippen LogP contribution in [0.1, 0.15) is 79.5 Å². The molecule has 0 bridgehead atoms. The van der Waals surface area contributed by atoms with Gasteiger partial charge in [0.25, 0.3) is 11.8 Å². The number of nitrogens with zero attached hydrogens (tertiary/aromatic N) is 2. The third kappa shape index (κ3) is 6.66. The van der Waals surface area contributed by atoms with Gasteiger partial charge in [0.15, 0.2) is 0 Å². The maximum atomic E-state index is 13.0. The molecule has 172 valence electrons. The highest BCUT2D eigenvalue weighted by atomic mass is 16.2. The van der Waals surface area contributed by atoms with Gasteiger partial charge in [-0.3, -0.25) is 14.4 Å². The van der Waals surface area contributed by atoms with Gasteiger partial charge in [0.2, 0.25) is 5.43 Å². The second-order valence-corrected chi connectivity index (χ2v) is 9.72. The molecule has 2 amide bonds. The minimum absolute atomic E-state index is 0.0505. The molecule has 1 saturated heterocycles. The summed E-state index contributed by atoms with van der Waals surface area (Å²) in [4.78, 5) is 40.9. The molecular weight excluding hydrogens is 392 g/mol. The number of aromatic nitrogens is 1. The molecule has 2 N–H and O–H groups in total. The predicted molar refractivity (Wildman–Crippen MR) is 122 cm³/mol. The molecule has 1 saturated carbocycles. The number of nitrogens with one attached hydrogen (secondary N) is 2. The number of hydrogen-bond acceptors (Lipinski definition) is 4. The van der Waals surface area contributed by atoms with E-state index in [-0.39, 0.29) is 23.1 Å². The third-order valence-corrected chi connectivity index (χ3v) is 6.46. The van der Waals surface area contributed by atoms with Crippen molar-refractivity contribution in [1.82, 2.24) is 20.1 Å².